The largest absolute Gasteiger partial charge is 0.471 e. The summed E-state index contributed by atoms with van der Waals surface area (Å²) in [7, 11) is 0. The molecule has 0 radical (unpaired) electrons. The number of nitrogens with zero attached hydrogens (tertiary/aromatic N) is 2. The summed E-state index contributed by atoms with van der Waals surface area (Å²) in [5.41, 5.74) is -0.0147. The van der Waals surface area contributed by atoms with Crippen LogP contribution in [0.4, 0.5) is 18.9 Å². The third-order valence-electron chi connectivity index (χ3n) is 2.37. The molecule has 0 N–H and O–H groups in total. The van der Waals surface area contributed by atoms with E-state index in [9.17, 15) is 28.1 Å². The zero-order valence-corrected chi connectivity index (χ0v) is 10.3. The van der Waals surface area contributed by atoms with E-state index in [1.807, 2.05) is 0 Å². The first-order valence-electron chi connectivity index (χ1n) is 5.46. The number of hydrogen-bond acceptors (Lipinski definition) is 3. The van der Waals surface area contributed by atoms with E-state index < -0.39 is 17.0 Å². The van der Waals surface area contributed by atoms with Crippen molar-refractivity contribution in [2.24, 2.45) is 0 Å². The molecule has 0 bridgehead atoms. The van der Waals surface area contributed by atoms with E-state index >= 15 is 0 Å². The predicted octanol–water partition coefficient (Wildman–Crippen LogP) is 2.67. The van der Waals surface area contributed by atoms with Crippen LogP contribution in [-0.2, 0) is 11.3 Å². The molecule has 1 rings (SSSR count). The number of halogens is 3. The first-order chi connectivity index (χ1) is 9.25. The van der Waals surface area contributed by atoms with E-state index in [-0.39, 0.29) is 24.3 Å². The highest BCUT2D eigenvalue weighted by molar-refractivity contribution is 5.82. The fraction of sp³-hybridized carbons (Fsp3) is 0.250. The lowest BCUT2D eigenvalue weighted by atomic mass is 10.2. The Labute approximate surface area is 112 Å². The van der Waals surface area contributed by atoms with Crippen molar-refractivity contribution in [3.05, 3.63) is 52.6 Å². The van der Waals surface area contributed by atoms with Crippen LogP contribution >= 0.6 is 0 Å². The molecule has 0 heterocycles. The molecule has 108 valence electrons. The van der Waals surface area contributed by atoms with E-state index in [0.29, 0.717) is 4.90 Å². The average Bonchev–Trinajstić information content (AvgIpc) is 2.36. The summed E-state index contributed by atoms with van der Waals surface area (Å²) in [6.45, 7) is 2.60. The van der Waals surface area contributed by atoms with Gasteiger partial charge in [0, 0.05) is 25.2 Å². The van der Waals surface area contributed by atoms with Gasteiger partial charge in [-0.15, -0.1) is 6.58 Å². The summed E-state index contributed by atoms with van der Waals surface area (Å²) >= 11 is 0. The van der Waals surface area contributed by atoms with Gasteiger partial charge in [-0.2, -0.15) is 13.2 Å². The standard InChI is InChI=1S/C12H11F3N2O3/c1-2-6-16(11(18)12(13,14)15)8-9-4-3-5-10(7-9)17(19)20/h2-5,7H,1,6,8H2. The lowest BCUT2D eigenvalue weighted by Gasteiger charge is -2.22. The van der Waals surface area contributed by atoms with Crippen molar-refractivity contribution < 1.29 is 22.9 Å². The third kappa shape index (κ3) is 4.08. The van der Waals surface area contributed by atoms with Gasteiger partial charge in [0.2, 0.25) is 0 Å². The predicted molar refractivity (Wildman–Crippen MR) is 64.8 cm³/mol. The molecule has 20 heavy (non-hydrogen) atoms. The Balaban J connectivity index is 2.96. The minimum absolute atomic E-state index is 0.235. The van der Waals surface area contributed by atoms with Crippen LogP contribution in [0, 0.1) is 10.1 Å². The average molecular weight is 288 g/mol. The van der Waals surface area contributed by atoms with Crippen molar-refractivity contribution in [3.63, 3.8) is 0 Å². The van der Waals surface area contributed by atoms with Crippen molar-refractivity contribution in [1.29, 1.82) is 0 Å². The normalized spacial score (nSPS) is 10.9. The van der Waals surface area contributed by atoms with Gasteiger partial charge in [-0.1, -0.05) is 18.2 Å². The molecule has 1 aromatic carbocycles. The number of nitro benzene ring substituents is 1. The number of rotatable bonds is 5. The zero-order valence-electron chi connectivity index (χ0n) is 10.3. The monoisotopic (exact) mass is 288 g/mol. The Morgan fingerprint density at radius 3 is 2.60 bits per heavy atom. The minimum atomic E-state index is -5.00. The van der Waals surface area contributed by atoms with Gasteiger partial charge in [0.25, 0.3) is 5.69 Å². The molecule has 0 atom stereocenters. The maximum Gasteiger partial charge on any atom is 0.471 e. The molecule has 0 aliphatic heterocycles. The Hall–Kier alpha value is -2.38. The van der Waals surface area contributed by atoms with Gasteiger partial charge in [-0.3, -0.25) is 14.9 Å². The highest BCUT2D eigenvalue weighted by Crippen LogP contribution is 2.21. The number of benzene rings is 1. The van der Waals surface area contributed by atoms with E-state index in [1.54, 1.807) is 0 Å². The second kappa shape index (κ2) is 6.18. The summed E-state index contributed by atoms with van der Waals surface area (Å²) in [5.74, 6) is -2.01. The molecular weight excluding hydrogens is 277 g/mol. The summed E-state index contributed by atoms with van der Waals surface area (Å²) < 4.78 is 37.2. The lowest BCUT2D eigenvalue weighted by Crippen LogP contribution is -2.40. The van der Waals surface area contributed by atoms with Crippen LogP contribution in [0.1, 0.15) is 5.56 Å². The molecule has 0 fully saturated rings. The Morgan fingerprint density at radius 2 is 2.10 bits per heavy atom. The second-order valence-corrected chi connectivity index (χ2v) is 3.90. The van der Waals surface area contributed by atoms with Crippen molar-refractivity contribution in [1.82, 2.24) is 4.90 Å². The van der Waals surface area contributed by atoms with Gasteiger partial charge in [-0.05, 0) is 5.56 Å². The molecule has 0 aliphatic rings. The maximum atomic E-state index is 12.4. The van der Waals surface area contributed by atoms with Crippen LogP contribution < -0.4 is 0 Å². The number of nitro groups is 1. The van der Waals surface area contributed by atoms with Crippen LogP contribution in [0.5, 0.6) is 0 Å². The molecule has 8 heteroatoms. The fourth-order valence-corrected chi connectivity index (χ4v) is 1.54. The quantitative estimate of drug-likeness (QED) is 0.475. The maximum absolute atomic E-state index is 12.4. The number of carbonyl (C=O) groups is 1. The molecule has 0 aliphatic carbocycles. The summed E-state index contributed by atoms with van der Waals surface area (Å²) in [4.78, 5) is 21.6. The Morgan fingerprint density at radius 1 is 1.45 bits per heavy atom. The summed E-state index contributed by atoms with van der Waals surface area (Å²) in [6, 6.07) is 5.09. The van der Waals surface area contributed by atoms with Crippen molar-refractivity contribution >= 4 is 11.6 Å². The number of alkyl halides is 3. The lowest BCUT2D eigenvalue weighted by molar-refractivity contribution is -0.384. The smallest absolute Gasteiger partial charge is 0.327 e. The van der Waals surface area contributed by atoms with Gasteiger partial charge in [-0.25, -0.2) is 0 Å². The molecule has 1 aromatic rings. The fourth-order valence-electron chi connectivity index (χ4n) is 1.54. The zero-order chi connectivity index (χ0) is 15.3. The van der Waals surface area contributed by atoms with Crippen LogP contribution in [0.3, 0.4) is 0 Å². The topological polar surface area (TPSA) is 63.4 Å². The molecule has 0 unspecified atom stereocenters. The summed E-state index contributed by atoms with van der Waals surface area (Å²) in [5, 5.41) is 10.6. The second-order valence-electron chi connectivity index (χ2n) is 3.90. The van der Waals surface area contributed by atoms with Gasteiger partial charge >= 0.3 is 12.1 Å². The van der Waals surface area contributed by atoms with Crippen LogP contribution in [0.25, 0.3) is 0 Å². The van der Waals surface area contributed by atoms with E-state index in [1.165, 1.54) is 18.2 Å². The van der Waals surface area contributed by atoms with Gasteiger partial charge in [0.15, 0.2) is 0 Å². The van der Waals surface area contributed by atoms with Crippen LogP contribution in [-0.4, -0.2) is 28.5 Å². The van der Waals surface area contributed by atoms with Crippen molar-refractivity contribution in [2.45, 2.75) is 12.7 Å². The number of carbonyl (C=O) groups excluding carboxylic acids is 1. The van der Waals surface area contributed by atoms with E-state index in [2.05, 4.69) is 6.58 Å². The first-order valence-corrected chi connectivity index (χ1v) is 5.46. The highest BCUT2D eigenvalue weighted by atomic mass is 19.4. The molecule has 0 aromatic heterocycles. The molecule has 0 spiro atoms. The Kier molecular flexibility index (Phi) is 4.84. The van der Waals surface area contributed by atoms with Gasteiger partial charge in [0.1, 0.15) is 0 Å². The van der Waals surface area contributed by atoms with Crippen LogP contribution in [0.2, 0.25) is 0 Å². The number of non-ortho nitro benzene ring substituents is 1. The molecule has 5 nitrogen and oxygen atoms in total. The SMILES string of the molecule is C=CCN(Cc1cccc([N+](=O)[O-])c1)C(=O)C(F)(F)F. The number of hydrogen-bond donors (Lipinski definition) is 0. The molecular formula is C12H11F3N2O3. The molecule has 1 amide bonds. The minimum Gasteiger partial charge on any atom is -0.327 e. The summed E-state index contributed by atoms with van der Waals surface area (Å²) in [6.07, 6.45) is -3.84. The number of amides is 1. The van der Waals surface area contributed by atoms with Crippen molar-refractivity contribution in [3.8, 4) is 0 Å². The van der Waals surface area contributed by atoms with Crippen LogP contribution in [0.15, 0.2) is 36.9 Å². The third-order valence-corrected chi connectivity index (χ3v) is 2.37. The highest BCUT2D eigenvalue weighted by Gasteiger charge is 2.42. The first kappa shape index (κ1) is 15.7. The van der Waals surface area contributed by atoms with Gasteiger partial charge in [0.05, 0.1) is 4.92 Å². The van der Waals surface area contributed by atoms with Gasteiger partial charge < -0.3 is 4.90 Å². The van der Waals surface area contributed by atoms with Crippen molar-refractivity contribution in [2.75, 3.05) is 6.54 Å². The van der Waals surface area contributed by atoms with E-state index in [0.717, 1.165) is 12.1 Å². The Bertz CT molecular complexity index is 529. The van der Waals surface area contributed by atoms with E-state index in [4.69, 9.17) is 0 Å². The molecule has 0 saturated heterocycles. The molecule has 0 saturated carbocycles.